The Balaban J connectivity index is 1.88. The van der Waals surface area contributed by atoms with Gasteiger partial charge in [0.1, 0.15) is 5.75 Å². The zero-order valence-corrected chi connectivity index (χ0v) is 21.1. The first-order valence-corrected chi connectivity index (χ1v) is 13.0. The average Bonchev–Trinajstić information content (AvgIpc) is 3.19. The van der Waals surface area contributed by atoms with E-state index in [1.807, 2.05) is 31.2 Å². The van der Waals surface area contributed by atoms with Crippen molar-refractivity contribution in [2.24, 2.45) is 5.41 Å². The van der Waals surface area contributed by atoms with Gasteiger partial charge in [0, 0.05) is 5.39 Å². The number of aryl methyl sites for hydroxylation is 1. The molecule has 4 rings (SSSR count). The lowest BCUT2D eigenvalue weighted by atomic mass is 9.84. The van der Waals surface area contributed by atoms with Gasteiger partial charge in [-0.25, -0.2) is 0 Å². The van der Waals surface area contributed by atoms with Gasteiger partial charge in [-0.2, -0.15) is 0 Å². The highest BCUT2D eigenvalue weighted by molar-refractivity contribution is 6.80. The predicted molar refractivity (Wildman–Crippen MR) is 136 cm³/mol. The maximum absolute atomic E-state index is 7.15. The Labute approximate surface area is 198 Å². The van der Waals surface area contributed by atoms with Crippen LogP contribution in [0.4, 0.5) is 0 Å². The van der Waals surface area contributed by atoms with Crippen molar-refractivity contribution < 1.29 is 13.7 Å². The zero-order valence-electron chi connectivity index (χ0n) is 20.1. The summed E-state index contributed by atoms with van der Waals surface area (Å²) >= 11 is 0. The van der Waals surface area contributed by atoms with Crippen molar-refractivity contribution in [3.8, 4) is 5.75 Å². The molecule has 0 aliphatic heterocycles. The van der Waals surface area contributed by atoms with Gasteiger partial charge in [0.15, 0.2) is 5.58 Å². The minimum absolute atomic E-state index is 0.210. The van der Waals surface area contributed by atoms with Gasteiger partial charge in [-0.3, -0.25) is 0 Å². The molecule has 0 saturated carbocycles. The molecule has 0 bridgehead atoms. The molecule has 4 nitrogen and oxygen atoms in total. The van der Waals surface area contributed by atoms with Gasteiger partial charge in [-0.1, -0.05) is 93.5 Å². The third-order valence-corrected chi connectivity index (χ3v) is 7.82. The summed E-state index contributed by atoms with van der Waals surface area (Å²) < 4.78 is 19.2. The Morgan fingerprint density at radius 2 is 1.52 bits per heavy atom. The highest BCUT2D eigenvalue weighted by atomic mass is 28.3. The number of hydrogen-bond donors (Lipinski definition) is 0. The largest absolute Gasteiger partial charge is 0.493 e. The molecule has 171 valence electrons. The van der Waals surface area contributed by atoms with Gasteiger partial charge in [-0.05, 0) is 41.3 Å². The van der Waals surface area contributed by atoms with Crippen LogP contribution in [0.5, 0.6) is 5.75 Å². The van der Waals surface area contributed by atoms with Crippen LogP contribution >= 0.6 is 0 Å². The fraction of sp³-hybridized carbons (Fsp3) is 0.321. The molecule has 0 aliphatic carbocycles. The van der Waals surface area contributed by atoms with Crippen LogP contribution in [0.2, 0.25) is 0 Å². The molecule has 1 unspecified atom stereocenters. The summed E-state index contributed by atoms with van der Waals surface area (Å²) in [7, 11) is -1.54. The molecule has 33 heavy (non-hydrogen) atoms. The number of aromatic nitrogens is 1. The van der Waals surface area contributed by atoms with Crippen molar-refractivity contribution >= 4 is 30.4 Å². The normalized spacial score (nSPS) is 12.9. The Morgan fingerprint density at radius 3 is 2.06 bits per heavy atom. The van der Waals surface area contributed by atoms with Crippen LogP contribution in [-0.4, -0.2) is 20.8 Å². The van der Waals surface area contributed by atoms with E-state index in [0.29, 0.717) is 6.61 Å². The third kappa shape index (κ3) is 5.05. The molecule has 0 saturated heterocycles. The second-order valence-corrected chi connectivity index (χ2v) is 11.4. The maximum atomic E-state index is 7.15. The van der Waals surface area contributed by atoms with Crippen molar-refractivity contribution in [3.63, 3.8) is 0 Å². The van der Waals surface area contributed by atoms with E-state index < -0.39 is 9.04 Å². The molecule has 0 aliphatic rings. The van der Waals surface area contributed by atoms with Gasteiger partial charge >= 0.3 is 0 Å². The monoisotopic (exact) mass is 458 g/mol. The SMILES string of the molecule is CCCOc1ccc2c(C)noc2c1C(O[Si](c1ccccc1)c1ccccc1)C(C)(C)C. The van der Waals surface area contributed by atoms with E-state index >= 15 is 0 Å². The Bertz CT molecular complexity index is 1140. The number of ether oxygens (including phenoxy) is 1. The van der Waals surface area contributed by atoms with Gasteiger partial charge in [0.05, 0.1) is 24.0 Å². The van der Waals surface area contributed by atoms with Crippen LogP contribution in [0.25, 0.3) is 11.0 Å². The molecule has 1 heterocycles. The summed E-state index contributed by atoms with van der Waals surface area (Å²) in [5.74, 6) is 0.808. The van der Waals surface area contributed by atoms with Gasteiger partial charge in [0.2, 0.25) is 0 Å². The van der Waals surface area contributed by atoms with Crippen molar-refractivity contribution in [2.45, 2.75) is 47.1 Å². The molecule has 0 fully saturated rings. The summed E-state index contributed by atoms with van der Waals surface area (Å²) in [6.07, 6.45) is 0.673. The molecule has 0 spiro atoms. The van der Waals surface area contributed by atoms with Crippen LogP contribution in [0, 0.1) is 12.3 Å². The topological polar surface area (TPSA) is 44.5 Å². The molecule has 1 radical (unpaired) electrons. The first kappa shape index (κ1) is 23.3. The molecular formula is C28H32NO3Si. The van der Waals surface area contributed by atoms with Crippen molar-refractivity contribution in [1.82, 2.24) is 5.16 Å². The van der Waals surface area contributed by atoms with E-state index in [-0.39, 0.29) is 11.5 Å². The quantitative estimate of drug-likeness (QED) is 0.311. The lowest BCUT2D eigenvalue weighted by Gasteiger charge is -2.35. The van der Waals surface area contributed by atoms with Crippen molar-refractivity contribution in [3.05, 3.63) is 84.1 Å². The van der Waals surface area contributed by atoms with Crippen LogP contribution in [0.1, 0.15) is 51.5 Å². The minimum Gasteiger partial charge on any atom is -0.493 e. The predicted octanol–water partition coefficient (Wildman–Crippen LogP) is 5.83. The Hall–Kier alpha value is -2.89. The number of fused-ring (bicyclic) bond motifs is 1. The van der Waals surface area contributed by atoms with Crippen molar-refractivity contribution in [1.29, 1.82) is 0 Å². The second-order valence-electron chi connectivity index (χ2n) is 9.40. The molecule has 1 atom stereocenters. The van der Waals surface area contributed by atoms with E-state index in [9.17, 15) is 0 Å². The molecule has 4 aromatic rings. The number of benzene rings is 3. The lowest BCUT2D eigenvalue weighted by molar-refractivity contribution is 0.0863. The highest BCUT2D eigenvalue weighted by Gasteiger charge is 2.37. The maximum Gasteiger partial charge on any atom is 0.283 e. The summed E-state index contributed by atoms with van der Waals surface area (Å²) in [5.41, 5.74) is 2.36. The number of rotatable bonds is 8. The standard InChI is InChI=1S/C28H32NO3Si/c1-6-19-30-24-18-17-23-20(2)29-31-26(23)25(24)27(28(3,4)5)32-33(21-13-9-7-10-14-21)22-15-11-8-12-16-22/h7-18,27H,6,19H2,1-5H3. The molecule has 5 heteroatoms. The first-order chi connectivity index (χ1) is 15.9. The molecule has 1 aromatic heterocycles. The van der Waals surface area contributed by atoms with Gasteiger partial charge < -0.3 is 13.7 Å². The van der Waals surface area contributed by atoms with Crippen LogP contribution in [-0.2, 0) is 4.43 Å². The van der Waals surface area contributed by atoms with Gasteiger partial charge in [-0.15, -0.1) is 0 Å². The van der Waals surface area contributed by atoms with Crippen molar-refractivity contribution in [2.75, 3.05) is 6.61 Å². The summed E-state index contributed by atoms with van der Waals surface area (Å²) in [4.78, 5) is 0. The molecular weight excluding hydrogens is 426 g/mol. The summed E-state index contributed by atoms with van der Waals surface area (Å²) in [6, 6.07) is 25.1. The number of nitrogens with zero attached hydrogens (tertiary/aromatic N) is 1. The third-order valence-electron chi connectivity index (χ3n) is 5.64. The smallest absolute Gasteiger partial charge is 0.283 e. The van der Waals surface area contributed by atoms with E-state index in [2.05, 4.69) is 81.4 Å². The van der Waals surface area contributed by atoms with Crippen LogP contribution in [0.15, 0.2) is 77.3 Å². The van der Waals surface area contributed by atoms with Crippen LogP contribution in [0.3, 0.4) is 0 Å². The second kappa shape index (κ2) is 9.94. The minimum atomic E-state index is -1.54. The highest BCUT2D eigenvalue weighted by Crippen LogP contribution is 2.44. The fourth-order valence-electron chi connectivity index (χ4n) is 3.98. The van der Waals surface area contributed by atoms with E-state index in [1.54, 1.807) is 0 Å². The van der Waals surface area contributed by atoms with Gasteiger partial charge in [0.25, 0.3) is 9.04 Å². The molecule has 0 amide bonds. The lowest BCUT2D eigenvalue weighted by Crippen LogP contribution is -2.47. The van der Waals surface area contributed by atoms with E-state index in [1.165, 1.54) is 10.4 Å². The molecule has 0 N–H and O–H groups in total. The average molecular weight is 459 g/mol. The number of hydrogen-bond acceptors (Lipinski definition) is 4. The Kier molecular flexibility index (Phi) is 7.01. The Morgan fingerprint density at radius 1 is 0.909 bits per heavy atom. The fourth-order valence-corrected chi connectivity index (χ4v) is 6.29. The zero-order chi connectivity index (χ0) is 23.4. The van der Waals surface area contributed by atoms with E-state index in [0.717, 1.165) is 34.4 Å². The molecule has 3 aromatic carbocycles. The summed E-state index contributed by atoms with van der Waals surface area (Å²) in [5, 5.41) is 7.68. The summed E-state index contributed by atoms with van der Waals surface area (Å²) in [6.45, 7) is 11.3. The van der Waals surface area contributed by atoms with Crippen LogP contribution < -0.4 is 15.1 Å². The van der Waals surface area contributed by atoms with E-state index in [4.69, 9.17) is 13.7 Å². The first-order valence-electron chi connectivity index (χ1n) is 11.6.